The second-order valence-corrected chi connectivity index (χ2v) is 13.0. The van der Waals surface area contributed by atoms with E-state index in [2.05, 4.69) is 91.3 Å². The molecule has 0 bridgehead atoms. The Morgan fingerprint density at radius 1 is 0.562 bits per heavy atom. The van der Waals surface area contributed by atoms with E-state index in [1.807, 2.05) is 0 Å². The number of esters is 2. The van der Waals surface area contributed by atoms with Crippen LogP contribution in [0.2, 0.25) is 0 Å². The van der Waals surface area contributed by atoms with Crippen molar-refractivity contribution in [3.8, 4) is 0 Å². The molecule has 0 rings (SSSR count). The van der Waals surface area contributed by atoms with Crippen LogP contribution in [0.25, 0.3) is 0 Å². The Bertz CT molecular complexity index is 1010. The van der Waals surface area contributed by atoms with Gasteiger partial charge in [0.15, 0.2) is 6.10 Å². The highest BCUT2D eigenvalue weighted by atomic mass is 31.2. The maximum atomic E-state index is 12.3. The zero-order valence-electron chi connectivity index (χ0n) is 29.9. The van der Waals surface area contributed by atoms with Crippen molar-refractivity contribution in [2.45, 2.75) is 148 Å². The van der Waals surface area contributed by atoms with Gasteiger partial charge in [0.2, 0.25) is 0 Å². The van der Waals surface area contributed by atoms with Crippen molar-refractivity contribution < 1.29 is 37.9 Å². The second-order valence-electron chi connectivity index (χ2n) is 11.8. The highest BCUT2D eigenvalue weighted by molar-refractivity contribution is 7.46. The summed E-state index contributed by atoms with van der Waals surface area (Å²) in [4.78, 5) is 42.6. The van der Waals surface area contributed by atoms with Crippen molar-refractivity contribution >= 4 is 19.8 Å². The van der Waals surface area contributed by atoms with Crippen LogP contribution in [0.4, 0.5) is 0 Å². The van der Waals surface area contributed by atoms with Crippen molar-refractivity contribution in [3.05, 3.63) is 72.9 Å². The van der Waals surface area contributed by atoms with Crippen molar-refractivity contribution in [2.24, 2.45) is 0 Å². The van der Waals surface area contributed by atoms with Crippen molar-refractivity contribution in [1.82, 2.24) is 0 Å². The van der Waals surface area contributed by atoms with Gasteiger partial charge >= 0.3 is 19.8 Å². The predicted molar refractivity (Wildman–Crippen MR) is 197 cm³/mol. The number of hydrogen-bond acceptors (Lipinski definition) is 6. The second kappa shape index (κ2) is 34.4. The molecule has 0 aromatic heterocycles. The van der Waals surface area contributed by atoms with Crippen LogP contribution in [-0.4, -0.2) is 41.0 Å². The summed E-state index contributed by atoms with van der Waals surface area (Å²) < 4.78 is 26.2. The first kappa shape index (κ1) is 45.5. The Morgan fingerprint density at radius 3 is 1.54 bits per heavy atom. The third kappa shape index (κ3) is 36.3. The van der Waals surface area contributed by atoms with Crippen LogP contribution >= 0.6 is 7.82 Å². The maximum Gasteiger partial charge on any atom is 0.469 e. The number of phosphoric ester groups is 1. The number of phosphoric acid groups is 1. The van der Waals surface area contributed by atoms with E-state index in [1.165, 1.54) is 25.7 Å². The lowest BCUT2D eigenvalue weighted by atomic mass is 10.1. The first-order chi connectivity index (χ1) is 23.3. The van der Waals surface area contributed by atoms with Gasteiger partial charge in [-0.15, -0.1) is 0 Å². The molecule has 0 aliphatic carbocycles. The maximum absolute atomic E-state index is 12.3. The van der Waals surface area contributed by atoms with Crippen LogP contribution in [0.1, 0.15) is 142 Å². The van der Waals surface area contributed by atoms with Gasteiger partial charge in [0.1, 0.15) is 6.61 Å². The molecule has 2 N–H and O–H groups in total. The summed E-state index contributed by atoms with van der Waals surface area (Å²) in [6, 6.07) is 0. The molecule has 0 radical (unpaired) electrons. The first-order valence-electron chi connectivity index (χ1n) is 18.2. The van der Waals surface area contributed by atoms with Gasteiger partial charge in [-0.2, -0.15) is 0 Å². The molecule has 0 heterocycles. The van der Waals surface area contributed by atoms with Gasteiger partial charge < -0.3 is 19.3 Å². The average molecular weight is 693 g/mol. The van der Waals surface area contributed by atoms with Gasteiger partial charge in [0, 0.05) is 12.8 Å². The summed E-state index contributed by atoms with van der Waals surface area (Å²) in [5, 5.41) is 0. The van der Waals surface area contributed by atoms with Crippen LogP contribution in [-0.2, 0) is 28.2 Å². The summed E-state index contributed by atoms with van der Waals surface area (Å²) in [6.07, 6.45) is 43.4. The standard InChI is InChI=1S/C39H65O8P/c1-3-5-7-9-11-13-15-17-19-21-23-25-27-29-31-33-38(40)45-35-37(36-46-48(42,43)44)47-39(41)34-32-30-28-26-24-22-20-18-16-14-12-10-8-6-4-2/h5,7,11-14,17-20,23,25,37H,3-4,6,8-10,15-16,21-22,24,26-36H2,1-2H3,(H2,42,43,44)/b7-5-,13-11-,14-12-,19-17-,20-18-,25-23-/t37-/m1/s1. The van der Waals surface area contributed by atoms with Gasteiger partial charge in [-0.25, -0.2) is 4.57 Å². The molecule has 0 aliphatic rings. The van der Waals surface area contributed by atoms with E-state index in [0.717, 1.165) is 77.0 Å². The Balaban J connectivity index is 4.10. The van der Waals surface area contributed by atoms with Crippen LogP contribution in [0.15, 0.2) is 72.9 Å². The Hall–Kier alpha value is -2.51. The van der Waals surface area contributed by atoms with E-state index in [9.17, 15) is 14.2 Å². The molecule has 8 nitrogen and oxygen atoms in total. The largest absolute Gasteiger partial charge is 0.469 e. The molecule has 9 heteroatoms. The van der Waals surface area contributed by atoms with E-state index in [-0.39, 0.29) is 19.4 Å². The Labute approximate surface area is 291 Å². The Kier molecular flexibility index (Phi) is 32.6. The summed E-state index contributed by atoms with van der Waals surface area (Å²) in [5.41, 5.74) is 0. The molecule has 274 valence electrons. The lowest BCUT2D eigenvalue weighted by Gasteiger charge is -2.18. The summed E-state index contributed by atoms with van der Waals surface area (Å²) >= 11 is 0. The molecule has 0 spiro atoms. The molecule has 0 aliphatic heterocycles. The number of hydrogen-bond donors (Lipinski definition) is 2. The summed E-state index contributed by atoms with van der Waals surface area (Å²) in [5.74, 6) is -0.958. The van der Waals surface area contributed by atoms with Crippen LogP contribution in [0.5, 0.6) is 0 Å². The highest BCUT2D eigenvalue weighted by Gasteiger charge is 2.22. The number of allylic oxidation sites excluding steroid dienone is 12. The molecule has 48 heavy (non-hydrogen) atoms. The quantitative estimate of drug-likeness (QED) is 0.0309. The fourth-order valence-electron chi connectivity index (χ4n) is 4.51. The van der Waals surface area contributed by atoms with Gasteiger partial charge in [-0.3, -0.25) is 14.1 Å². The molecular formula is C39H65O8P. The molecule has 0 saturated heterocycles. The molecule has 0 fully saturated rings. The van der Waals surface area contributed by atoms with E-state index in [4.69, 9.17) is 19.3 Å². The minimum Gasteiger partial charge on any atom is -0.462 e. The topological polar surface area (TPSA) is 119 Å². The molecule has 0 amide bonds. The van der Waals surface area contributed by atoms with Crippen molar-refractivity contribution in [1.29, 1.82) is 0 Å². The molecule has 0 unspecified atom stereocenters. The first-order valence-corrected chi connectivity index (χ1v) is 19.8. The number of carbonyl (C=O) groups excluding carboxylic acids is 2. The van der Waals surface area contributed by atoms with E-state index in [1.54, 1.807) is 0 Å². The van der Waals surface area contributed by atoms with Gasteiger partial charge in [0.25, 0.3) is 0 Å². The zero-order chi connectivity index (χ0) is 35.4. The Morgan fingerprint density at radius 2 is 1.00 bits per heavy atom. The van der Waals surface area contributed by atoms with Crippen molar-refractivity contribution in [2.75, 3.05) is 13.2 Å². The monoisotopic (exact) mass is 692 g/mol. The van der Waals surface area contributed by atoms with E-state index < -0.39 is 32.5 Å². The number of rotatable bonds is 32. The fourth-order valence-corrected chi connectivity index (χ4v) is 4.87. The summed E-state index contributed by atoms with van der Waals surface area (Å²) in [6.45, 7) is 3.47. The van der Waals surface area contributed by atoms with E-state index >= 15 is 0 Å². The van der Waals surface area contributed by atoms with Crippen molar-refractivity contribution in [3.63, 3.8) is 0 Å². The molecule has 0 aromatic rings. The van der Waals surface area contributed by atoms with Gasteiger partial charge in [-0.05, 0) is 83.5 Å². The average Bonchev–Trinajstić information content (AvgIpc) is 3.05. The summed E-state index contributed by atoms with van der Waals surface area (Å²) in [7, 11) is -4.77. The smallest absolute Gasteiger partial charge is 0.462 e. The molecule has 0 aromatic carbocycles. The minimum atomic E-state index is -4.77. The zero-order valence-corrected chi connectivity index (χ0v) is 30.7. The highest BCUT2D eigenvalue weighted by Crippen LogP contribution is 2.35. The van der Waals surface area contributed by atoms with Crippen LogP contribution in [0.3, 0.4) is 0 Å². The predicted octanol–water partition coefficient (Wildman–Crippen LogP) is 10.7. The fraction of sp³-hybridized carbons (Fsp3) is 0.641. The molecule has 0 saturated carbocycles. The molecule has 1 atom stereocenters. The molecular weight excluding hydrogens is 627 g/mol. The van der Waals surface area contributed by atoms with Gasteiger partial charge in [0.05, 0.1) is 6.61 Å². The third-order valence-corrected chi connectivity index (χ3v) is 7.69. The SMILES string of the molecule is CC/C=C\C/C=C\C/C=C\C/C=C\CCCCC(=O)OC[C@H](COP(=O)(O)O)OC(=O)CCCCCCC/C=C\C/C=C\CCCCC. The minimum absolute atomic E-state index is 0.183. The van der Waals surface area contributed by atoms with E-state index in [0.29, 0.717) is 12.8 Å². The third-order valence-electron chi connectivity index (χ3n) is 7.21. The van der Waals surface area contributed by atoms with Gasteiger partial charge in [-0.1, -0.05) is 119 Å². The number of unbranched alkanes of at least 4 members (excludes halogenated alkanes) is 10. The lowest BCUT2D eigenvalue weighted by molar-refractivity contribution is -0.161. The normalized spacial score (nSPS) is 13.3. The number of carbonyl (C=O) groups is 2. The lowest BCUT2D eigenvalue weighted by Crippen LogP contribution is -2.29. The number of ether oxygens (including phenoxy) is 2. The van der Waals surface area contributed by atoms with Crippen LogP contribution < -0.4 is 0 Å². The van der Waals surface area contributed by atoms with Crippen LogP contribution in [0, 0.1) is 0 Å².